The second kappa shape index (κ2) is 5.17. The van der Waals surface area contributed by atoms with Crippen LogP contribution in [0.15, 0.2) is 0 Å². The van der Waals surface area contributed by atoms with Crippen molar-refractivity contribution < 1.29 is 0 Å². The third kappa shape index (κ3) is 3.41. The summed E-state index contributed by atoms with van der Waals surface area (Å²) in [4.78, 5) is 0. The van der Waals surface area contributed by atoms with Crippen molar-refractivity contribution in [2.75, 3.05) is 19.6 Å². The highest BCUT2D eigenvalue weighted by atomic mass is 15.0. The van der Waals surface area contributed by atoms with E-state index < -0.39 is 0 Å². The summed E-state index contributed by atoms with van der Waals surface area (Å²) < 4.78 is 0. The van der Waals surface area contributed by atoms with E-state index in [0.717, 1.165) is 19.5 Å². The van der Waals surface area contributed by atoms with E-state index in [1.807, 2.05) is 0 Å². The van der Waals surface area contributed by atoms with Gasteiger partial charge in [0.05, 0.1) is 0 Å². The number of rotatable bonds is 3. The zero-order chi connectivity index (χ0) is 7.94. The molecule has 0 saturated carbocycles. The smallest absolute Gasteiger partial charge is 0.0212 e. The van der Waals surface area contributed by atoms with E-state index in [2.05, 4.69) is 16.6 Å². The van der Waals surface area contributed by atoms with Crippen LogP contribution in [-0.2, 0) is 0 Å². The minimum absolute atomic E-state index is 0.650. The quantitative estimate of drug-likeness (QED) is 0.450. The molecule has 0 radical (unpaired) electrons. The topological polar surface area (TPSA) is 24.1 Å². The fourth-order valence-corrected chi connectivity index (χ4v) is 1.37. The van der Waals surface area contributed by atoms with E-state index in [9.17, 15) is 0 Å². The molecule has 0 aliphatic carbocycles. The van der Waals surface area contributed by atoms with Crippen LogP contribution < -0.4 is 10.6 Å². The molecule has 1 atom stereocenters. The van der Waals surface area contributed by atoms with Crippen molar-refractivity contribution in [3.63, 3.8) is 0 Å². The van der Waals surface area contributed by atoms with Gasteiger partial charge in [0.15, 0.2) is 0 Å². The average Bonchev–Trinajstić information content (AvgIpc) is 2.07. The molecule has 1 rings (SSSR count). The van der Waals surface area contributed by atoms with Gasteiger partial charge in [-0.05, 0) is 19.4 Å². The van der Waals surface area contributed by atoms with Crippen molar-refractivity contribution >= 4 is 0 Å². The molecule has 0 amide bonds. The summed E-state index contributed by atoms with van der Waals surface area (Å²) in [5, 5.41) is 6.77. The van der Waals surface area contributed by atoms with Gasteiger partial charge < -0.3 is 10.6 Å². The molecule has 0 spiro atoms. The molecule has 2 heteroatoms. The lowest BCUT2D eigenvalue weighted by molar-refractivity contribution is 0.394. The van der Waals surface area contributed by atoms with Gasteiger partial charge >= 0.3 is 0 Å². The number of hydrogen-bond donors (Lipinski definition) is 2. The van der Waals surface area contributed by atoms with Crippen molar-refractivity contribution in [3.05, 3.63) is 0 Å². The fraction of sp³-hybridized carbons (Fsp3) is 0.778. The lowest BCUT2D eigenvalue weighted by Crippen LogP contribution is -2.43. The lowest BCUT2D eigenvalue weighted by atomic mass is 10.1. The van der Waals surface area contributed by atoms with Crippen LogP contribution in [0.2, 0.25) is 0 Å². The Morgan fingerprint density at radius 3 is 3.18 bits per heavy atom. The first kappa shape index (κ1) is 8.58. The van der Waals surface area contributed by atoms with Gasteiger partial charge in [-0.15, -0.1) is 12.3 Å². The van der Waals surface area contributed by atoms with E-state index >= 15 is 0 Å². The van der Waals surface area contributed by atoms with Crippen LogP contribution >= 0.6 is 0 Å². The molecule has 1 saturated heterocycles. The molecule has 0 aromatic heterocycles. The molecular weight excluding hydrogens is 136 g/mol. The van der Waals surface area contributed by atoms with E-state index in [1.54, 1.807) is 0 Å². The van der Waals surface area contributed by atoms with Gasteiger partial charge in [-0.1, -0.05) is 0 Å². The van der Waals surface area contributed by atoms with Crippen molar-refractivity contribution in [1.29, 1.82) is 0 Å². The molecular formula is C9H16N2. The van der Waals surface area contributed by atoms with Crippen LogP contribution in [-0.4, -0.2) is 25.7 Å². The molecule has 1 aliphatic heterocycles. The molecule has 1 heterocycles. The molecule has 11 heavy (non-hydrogen) atoms. The largest absolute Gasteiger partial charge is 0.315 e. The zero-order valence-electron chi connectivity index (χ0n) is 6.90. The van der Waals surface area contributed by atoms with Gasteiger partial charge in [0.25, 0.3) is 0 Å². The SMILES string of the molecule is C#CCCNC1CCCNC1. The van der Waals surface area contributed by atoms with Gasteiger partial charge in [-0.3, -0.25) is 0 Å². The number of terminal acetylenes is 1. The maximum atomic E-state index is 5.14. The van der Waals surface area contributed by atoms with Crippen LogP contribution in [0.5, 0.6) is 0 Å². The van der Waals surface area contributed by atoms with Gasteiger partial charge in [0.1, 0.15) is 0 Å². The maximum absolute atomic E-state index is 5.14. The third-order valence-corrected chi connectivity index (χ3v) is 2.00. The molecule has 1 aliphatic rings. The highest BCUT2D eigenvalue weighted by Gasteiger charge is 2.10. The van der Waals surface area contributed by atoms with Crippen molar-refractivity contribution in [3.8, 4) is 12.3 Å². The Bertz CT molecular complexity index is 131. The molecule has 0 aromatic rings. The minimum Gasteiger partial charge on any atom is -0.315 e. The van der Waals surface area contributed by atoms with Crippen LogP contribution in [0.4, 0.5) is 0 Å². The maximum Gasteiger partial charge on any atom is 0.0212 e. The highest BCUT2D eigenvalue weighted by Crippen LogP contribution is 2.00. The zero-order valence-corrected chi connectivity index (χ0v) is 6.90. The van der Waals surface area contributed by atoms with E-state index in [0.29, 0.717) is 6.04 Å². The van der Waals surface area contributed by atoms with E-state index in [4.69, 9.17) is 6.42 Å². The van der Waals surface area contributed by atoms with E-state index in [1.165, 1.54) is 19.4 Å². The molecule has 62 valence electrons. The summed E-state index contributed by atoms with van der Waals surface area (Å²) in [5.74, 6) is 2.62. The molecule has 0 aromatic carbocycles. The Morgan fingerprint density at radius 1 is 1.64 bits per heavy atom. The fourth-order valence-electron chi connectivity index (χ4n) is 1.37. The minimum atomic E-state index is 0.650. The predicted molar refractivity (Wildman–Crippen MR) is 47.3 cm³/mol. The summed E-state index contributed by atoms with van der Waals surface area (Å²) in [7, 11) is 0. The molecule has 2 N–H and O–H groups in total. The lowest BCUT2D eigenvalue weighted by Gasteiger charge is -2.23. The van der Waals surface area contributed by atoms with Crippen molar-refractivity contribution in [2.24, 2.45) is 0 Å². The number of hydrogen-bond acceptors (Lipinski definition) is 2. The van der Waals surface area contributed by atoms with Crippen LogP contribution in [0.25, 0.3) is 0 Å². The highest BCUT2D eigenvalue weighted by molar-refractivity contribution is 4.85. The molecule has 1 unspecified atom stereocenters. The summed E-state index contributed by atoms with van der Waals surface area (Å²) in [6, 6.07) is 0.650. The summed E-state index contributed by atoms with van der Waals surface area (Å²) in [6.45, 7) is 3.24. The van der Waals surface area contributed by atoms with E-state index in [-0.39, 0.29) is 0 Å². The molecule has 0 bridgehead atoms. The van der Waals surface area contributed by atoms with Gasteiger partial charge in [-0.25, -0.2) is 0 Å². The predicted octanol–water partition coefficient (Wildman–Crippen LogP) is 0.351. The second-order valence-electron chi connectivity index (χ2n) is 2.95. The summed E-state index contributed by atoms with van der Waals surface area (Å²) in [5.41, 5.74) is 0. The standard InChI is InChI=1S/C9H16N2/c1-2-3-7-11-9-5-4-6-10-8-9/h1,9-11H,3-8H2. The Balaban J connectivity index is 2.01. The Kier molecular flexibility index (Phi) is 4.03. The first-order valence-electron chi connectivity index (χ1n) is 4.31. The van der Waals surface area contributed by atoms with Crippen LogP contribution in [0.3, 0.4) is 0 Å². The average molecular weight is 152 g/mol. The summed E-state index contributed by atoms with van der Waals surface area (Å²) in [6.07, 6.45) is 8.56. The summed E-state index contributed by atoms with van der Waals surface area (Å²) >= 11 is 0. The van der Waals surface area contributed by atoms with Gasteiger partial charge in [0.2, 0.25) is 0 Å². The Hall–Kier alpha value is -0.520. The van der Waals surface area contributed by atoms with Crippen molar-refractivity contribution in [2.45, 2.75) is 25.3 Å². The van der Waals surface area contributed by atoms with Crippen LogP contribution in [0, 0.1) is 12.3 Å². The van der Waals surface area contributed by atoms with Crippen LogP contribution in [0.1, 0.15) is 19.3 Å². The second-order valence-corrected chi connectivity index (χ2v) is 2.95. The third-order valence-electron chi connectivity index (χ3n) is 2.00. The number of piperidine rings is 1. The monoisotopic (exact) mass is 152 g/mol. The Labute approximate surface area is 68.8 Å². The van der Waals surface area contributed by atoms with Gasteiger partial charge in [0, 0.05) is 25.6 Å². The number of nitrogens with one attached hydrogen (secondary N) is 2. The molecule has 2 nitrogen and oxygen atoms in total. The van der Waals surface area contributed by atoms with Gasteiger partial charge in [-0.2, -0.15) is 0 Å². The first-order chi connectivity index (χ1) is 5.43. The first-order valence-corrected chi connectivity index (χ1v) is 4.31. The Morgan fingerprint density at radius 2 is 2.55 bits per heavy atom. The van der Waals surface area contributed by atoms with Crippen molar-refractivity contribution in [1.82, 2.24) is 10.6 Å². The normalized spacial score (nSPS) is 24.5. The molecule has 1 fully saturated rings.